The predicted octanol–water partition coefficient (Wildman–Crippen LogP) is 2.45. The van der Waals surface area contributed by atoms with Crippen molar-refractivity contribution in [3.8, 4) is 0 Å². The van der Waals surface area contributed by atoms with Gasteiger partial charge in [0.1, 0.15) is 5.69 Å². The lowest BCUT2D eigenvalue weighted by Crippen LogP contribution is -1.89. The highest BCUT2D eigenvalue weighted by molar-refractivity contribution is 5.82. The van der Waals surface area contributed by atoms with Crippen LogP contribution in [-0.4, -0.2) is 16.2 Å². The van der Waals surface area contributed by atoms with Gasteiger partial charge < -0.3 is 0 Å². The van der Waals surface area contributed by atoms with Crippen LogP contribution in [0.1, 0.15) is 12.1 Å². The number of fused-ring (bicyclic) bond motifs is 1. The highest BCUT2D eigenvalue weighted by atomic mass is 14.9. The Morgan fingerprint density at radius 2 is 1.93 bits per heavy atom. The first-order valence-corrected chi connectivity index (χ1v) is 4.88. The van der Waals surface area contributed by atoms with Crippen LogP contribution < -0.4 is 0 Å². The van der Waals surface area contributed by atoms with Gasteiger partial charge in [-0.25, -0.2) is 4.98 Å². The lowest BCUT2D eigenvalue weighted by Gasteiger charge is -2.00. The Bertz CT molecular complexity index is 570. The molecule has 2 aromatic rings. The summed E-state index contributed by atoms with van der Waals surface area (Å²) in [6, 6.07) is 7.85. The second kappa shape index (κ2) is 3.28. The van der Waals surface area contributed by atoms with Crippen LogP contribution in [0.15, 0.2) is 41.5 Å². The second-order valence-corrected chi connectivity index (χ2v) is 3.38. The Morgan fingerprint density at radius 3 is 2.73 bits per heavy atom. The van der Waals surface area contributed by atoms with Crippen molar-refractivity contribution in [2.24, 2.45) is 4.99 Å². The lowest BCUT2D eigenvalue weighted by atomic mass is 10.2. The standard InChI is InChI=1S/C12H9N3/c1-2-5-11-9(4-1)14-8-12(15-11)10-6-3-7-13-10/h1-2,4-8H,3H2. The van der Waals surface area contributed by atoms with E-state index in [1.807, 2.05) is 30.5 Å². The largest absolute Gasteiger partial charge is 0.259 e. The van der Waals surface area contributed by atoms with E-state index >= 15 is 0 Å². The molecule has 0 saturated heterocycles. The molecule has 15 heavy (non-hydrogen) atoms. The van der Waals surface area contributed by atoms with Gasteiger partial charge in [0.15, 0.2) is 0 Å². The van der Waals surface area contributed by atoms with E-state index in [0.717, 1.165) is 28.8 Å². The molecule has 1 aromatic heterocycles. The van der Waals surface area contributed by atoms with Crippen molar-refractivity contribution in [2.75, 3.05) is 0 Å². The van der Waals surface area contributed by atoms with E-state index in [1.54, 1.807) is 6.20 Å². The van der Waals surface area contributed by atoms with Gasteiger partial charge >= 0.3 is 0 Å². The monoisotopic (exact) mass is 195 g/mol. The van der Waals surface area contributed by atoms with Gasteiger partial charge in [-0.1, -0.05) is 18.2 Å². The van der Waals surface area contributed by atoms with Gasteiger partial charge in [0.2, 0.25) is 0 Å². The summed E-state index contributed by atoms with van der Waals surface area (Å²) in [6.07, 6.45) is 6.60. The van der Waals surface area contributed by atoms with Crippen LogP contribution in [0, 0.1) is 0 Å². The summed E-state index contributed by atoms with van der Waals surface area (Å²) in [7, 11) is 0. The minimum absolute atomic E-state index is 0.849. The minimum Gasteiger partial charge on any atom is -0.259 e. The molecular formula is C12H9N3. The van der Waals surface area contributed by atoms with Crippen LogP contribution in [-0.2, 0) is 0 Å². The first-order valence-electron chi connectivity index (χ1n) is 4.88. The van der Waals surface area contributed by atoms with Crippen molar-refractivity contribution in [3.05, 3.63) is 42.2 Å². The van der Waals surface area contributed by atoms with Crippen LogP contribution in [0.3, 0.4) is 0 Å². The number of benzene rings is 1. The van der Waals surface area contributed by atoms with E-state index in [4.69, 9.17) is 0 Å². The predicted molar refractivity (Wildman–Crippen MR) is 60.6 cm³/mol. The van der Waals surface area contributed by atoms with Gasteiger partial charge in [-0.2, -0.15) is 0 Å². The summed E-state index contributed by atoms with van der Waals surface area (Å²) >= 11 is 0. The molecule has 0 spiro atoms. The fraction of sp³-hybridized carbons (Fsp3) is 0.0833. The summed E-state index contributed by atoms with van der Waals surface area (Å²) in [6.45, 7) is 0. The molecule has 0 amide bonds. The molecular weight excluding hydrogens is 186 g/mol. The van der Waals surface area contributed by atoms with Gasteiger partial charge in [-0.05, 0) is 12.1 Å². The molecule has 0 unspecified atom stereocenters. The Hall–Kier alpha value is -2.03. The van der Waals surface area contributed by atoms with Crippen molar-refractivity contribution in [2.45, 2.75) is 6.42 Å². The van der Waals surface area contributed by atoms with Gasteiger partial charge in [0.05, 0.1) is 22.9 Å². The van der Waals surface area contributed by atoms with E-state index in [-0.39, 0.29) is 0 Å². The maximum Gasteiger partial charge on any atom is 0.107 e. The molecule has 0 aliphatic carbocycles. The molecule has 0 bridgehead atoms. The number of para-hydroxylation sites is 2. The van der Waals surface area contributed by atoms with Crippen LogP contribution >= 0.6 is 0 Å². The molecule has 3 heteroatoms. The summed E-state index contributed by atoms with van der Waals surface area (Å²) in [5.74, 6) is 0. The van der Waals surface area contributed by atoms with Crippen molar-refractivity contribution in [1.29, 1.82) is 0 Å². The van der Waals surface area contributed by atoms with Gasteiger partial charge in [-0.15, -0.1) is 0 Å². The van der Waals surface area contributed by atoms with Crippen LogP contribution in [0.4, 0.5) is 0 Å². The number of nitrogens with zero attached hydrogens (tertiary/aromatic N) is 3. The molecule has 0 N–H and O–H groups in total. The van der Waals surface area contributed by atoms with Gasteiger partial charge in [0.25, 0.3) is 0 Å². The molecule has 3 nitrogen and oxygen atoms in total. The number of aromatic nitrogens is 2. The van der Waals surface area contributed by atoms with E-state index in [2.05, 4.69) is 21.0 Å². The first-order chi connectivity index (χ1) is 7.43. The van der Waals surface area contributed by atoms with Crippen LogP contribution in [0.5, 0.6) is 0 Å². The molecule has 0 atom stereocenters. The summed E-state index contributed by atoms with van der Waals surface area (Å²) in [4.78, 5) is 13.1. The summed E-state index contributed by atoms with van der Waals surface area (Å²) in [5, 5.41) is 0. The van der Waals surface area contributed by atoms with Crippen LogP contribution in [0.25, 0.3) is 16.7 Å². The van der Waals surface area contributed by atoms with Crippen molar-refractivity contribution in [3.63, 3.8) is 0 Å². The minimum atomic E-state index is 0.849. The quantitative estimate of drug-likeness (QED) is 0.701. The van der Waals surface area contributed by atoms with Crippen molar-refractivity contribution < 1.29 is 0 Å². The molecule has 72 valence electrons. The molecule has 0 fully saturated rings. The Labute approximate surface area is 87.2 Å². The number of allylic oxidation sites excluding steroid dienone is 1. The van der Waals surface area contributed by atoms with E-state index in [0.29, 0.717) is 0 Å². The molecule has 0 radical (unpaired) electrons. The highest BCUT2D eigenvalue weighted by Crippen LogP contribution is 2.19. The third-order valence-corrected chi connectivity index (χ3v) is 2.36. The lowest BCUT2D eigenvalue weighted by molar-refractivity contribution is 1.24. The molecule has 1 aliphatic heterocycles. The maximum absolute atomic E-state index is 4.51. The molecule has 0 saturated carbocycles. The SMILES string of the molecule is C1=NC(c2cnc3ccccc3n2)=CC1. The molecule has 3 rings (SSSR count). The fourth-order valence-corrected chi connectivity index (χ4v) is 1.62. The van der Waals surface area contributed by atoms with Crippen molar-refractivity contribution in [1.82, 2.24) is 9.97 Å². The summed E-state index contributed by atoms with van der Waals surface area (Å²) < 4.78 is 0. The highest BCUT2D eigenvalue weighted by Gasteiger charge is 2.05. The smallest absolute Gasteiger partial charge is 0.107 e. The third kappa shape index (κ3) is 1.42. The van der Waals surface area contributed by atoms with Crippen molar-refractivity contribution >= 4 is 22.9 Å². The molecule has 2 heterocycles. The number of rotatable bonds is 1. The number of hydrogen-bond acceptors (Lipinski definition) is 3. The Kier molecular flexibility index (Phi) is 1.81. The molecule has 1 aliphatic rings. The summed E-state index contributed by atoms with van der Waals surface area (Å²) in [5.41, 5.74) is 3.61. The zero-order chi connectivity index (χ0) is 10.1. The first kappa shape index (κ1) is 8.29. The Balaban J connectivity index is 2.17. The van der Waals surface area contributed by atoms with E-state index in [1.165, 1.54) is 0 Å². The normalized spacial score (nSPS) is 14.5. The third-order valence-electron chi connectivity index (χ3n) is 2.36. The molecule has 1 aromatic carbocycles. The maximum atomic E-state index is 4.51. The fourth-order valence-electron chi connectivity index (χ4n) is 1.62. The average molecular weight is 195 g/mol. The second-order valence-electron chi connectivity index (χ2n) is 3.38. The Morgan fingerprint density at radius 1 is 1.07 bits per heavy atom. The average Bonchev–Trinajstić information content (AvgIpc) is 2.82. The van der Waals surface area contributed by atoms with Gasteiger partial charge in [0, 0.05) is 12.6 Å². The topological polar surface area (TPSA) is 38.1 Å². The number of aliphatic imine (C=N–C) groups is 1. The number of hydrogen-bond donors (Lipinski definition) is 0. The van der Waals surface area contributed by atoms with Crippen LogP contribution in [0.2, 0.25) is 0 Å². The van der Waals surface area contributed by atoms with E-state index in [9.17, 15) is 0 Å². The van der Waals surface area contributed by atoms with E-state index < -0.39 is 0 Å². The van der Waals surface area contributed by atoms with Gasteiger partial charge in [-0.3, -0.25) is 9.98 Å². The zero-order valence-electron chi connectivity index (χ0n) is 8.09. The zero-order valence-corrected chi connectivity index (χ0v) is 8.09.